The number of nitrogens with one attached hydrogen (secondary N) is 1. The molecule has 7 nitrogen and oxygen atoms in total. The molecule has 1 aliphatic heterocycles. The quantitative estimate of drug-likeness (QED) is 0.751. The number of imidazole rings is 1. The summed E-state index contributed by atoms with van der Waals surface area (Å²) in [4.78, 5) is 20.9. The van der Waals surface area contributed by atoms with Crippen LogP contribution in [0.25, 0.3) is 5.69 Å². The highest BCUT2D eigenvalue weighted by atomic mass is 16.5. The van der Waals surface area contributed by atoms with E-state index in [4.69, 9.17) is 4.74 Å². The summed E-state index contributed by atoms with van der Waals surface area (Å²) in [5, 5.41) is 2.87. The molecule has 2 aromatic rings. The number of aromatic nitrogens is 2. The normalized spacial score (nSPS) is 15.2. The zero-order chi connectivity index (χ0) is 18.4. The Morgan fingerprint density at radius 2 is 1.92 bits per heavy atom. The first-order chi connectivity index (χ1) is 12.7. The number of carbonyl (C=O) groups excluding carboxylic acids is 1. The van der Waals surface area contributed by atoms with E-state index in [1.165, 1.54) is 5.56 Å². The first-order valence-corrected chi connectivity index (χ1v) is 9.00. The number of ether oxygens (including phenoxy) is 1. The van der Waals surface area contributed by atoms with Crippen molar-refractivity contribution in [3.63, 3.8) is 0 Å². The van der Waals surface area contributed by atoms with Gasteiger partial charge in [-0.15, -0.1) is 0 Å². The van der Waals surface area contributed by atoms with Crippen LogP contribution in [-0.2, 0) is 9.53 Å². The lowest BCUT2D eigenvalue weighted by Gasteiger charge is -2.35. The predicted molar refractivity (Wildman–Crippen MR) is 102 cm³/mol. The molecule has 140 valence electrons. The predicted octanol–water partition coefficient (Wildman–Crippen LogP) is 1.07. The summed E-state index contributed by atoms with van der Waals surface area (Å²) in [6.07, 6.45) is 3.83. The number of benzene rings is 1. The average molecular weight is 357 g/mol. The van der Waals surface area contributed by atoms with E-state index in [9.17, 15) is 4.79 Å². The summed E-state index contributed by atoms with van der Waals surface area (Å²) >= 11 is 0. The van der Waals surface area contributed by atoms with Crippen LogP contribution >= 0.6 is 0 Å². The van der Waals surface area contributed by atoms with Gasteiger partial charge in [-0.1, -0.05) is 17.7 Å². The topological polar surface area (TPSA) is 62.6 Å². The molecule has 1 fully saturated rings. The lowest BCUT2D eigenvalue weighted by molar-refractivity contribution is -0.122. The highest BCUT2D eigenvalue weighted by Gasteiger charge is 2.22. The molecule has 1 aromatic heterocycles. The molecule has 1 aromatic carbocycles. The smallest absolute Gasteiger partial charge is 0.234 e. The zero-order valence-corrected chi connectivity index (χ0v) is 15.5. The Hall–Kier alpha value is -2.38. The minimum Gasteiger partial charge on any atom is -0.383 e. The number of carbonyl (C=O) groups is 1. The second-order valence-corrected chi connectivity index (χ2v) is 6.54. The van der Waals surface area contributed by atoms with Gasteiger partial charge in [0.2, 0.25) is 11.9 Å². The minimum absolute atomic E-state index is 0.0525. The average Bonchev–Trinajstić information content (AvgIpc) is 3.13. The maximum atomic E-state index is 11.9. The van der Waals surface area contributed by atoms with Gasteiger partial charge in [0.1, 0.15) is 0 Å². The molecule has 3 rings (SSSR count). The van der Waals surface area contributed by atoms with Crippen LogP contribution in [0.4, 0.5) is 5.95 Å². The molecule has 2 heterocycles. The van der Waals surface area contributed by atoms with Crippen LogP contribution < -0.4 is 10.2 Å². The van der Waals surface area contributed by atoms with Gasteiger partial charge < -0.3 is 15.0 Å². The molecule has 1 N–H and O–H groups in total. The fourth-order valence-corrected chi connectivity index (χ4v) is 3.09. The molecular weight excluding hydrogens is 330 g/mol. The van der Waals surface area contributed by atoms with Crippen molar-refractivity contribution in [1.29, 1.82) is 0 Å². The second-order valence-electron chi connectivity index (χ2n) is 6.54. The molecule has 0 saturated carbocycles. The number of rotatable bonds is 7. The molecular formula is C19H27N5O2. The monoisotopic (exact) mass is 357 g/mol. The lowest BCUT2D eigenvalue weighted by Crippen LogP contribution is -2.50. The molecule has 0 unspecified atom stereocenters. The molecule has 26 heavy (non-hydrogen) atoms. The number of hydrogen-bond acceptors (Lipinski definition) is 5. The highest BCUT2D eigenvalue weighted by molar-refractivity contribution is 5.78. The Morgan fingerprint density at radius 1 is 1.19 bits per heavy atom. The van der Waals surface area contributed by atoms with E-state index in [0.717, 1.165) is 37.8 Å². The Kier molecular flexibility index (Phi) is 6.25. The Labute approximate surface area is 154 Å². The number of aryl methyl sites for hydroxylation is 1. The molecule has 1 aliphatic rings. The Balaban J connectivity index is 1.55. The Morgan fingerprint density at radius 3 is 2.62 bits per heavy atom. The molecule has 0 aliphatic carbocycles. The summed E-state index contributed by atoms with van der Waals surface area (Å²) in [7, 11) is 1.63. The van der Waals surface area contributed by atoms with Gasteiger partial charge in [0, 0.05) is 57.9 Å². The number of anilines is 1. The van der Waals surface area contributed by atoms with E-state index in [2.05, 4.69) is 55.9 Å². The summed E-state index contributed by atoms with van der Waals surface area (Å²) in [5.74, 6) is 1.01. The highest BCUT2D eigenvalue weighted by Crippen LogP contribution is 2.20. The summed E-state index contributed by atoms with van der Waals surface area (Å²) in [6, 6.07) is 8.45. The first kappa shape index (κ1) is 18.4. The van der Waals surface area contributed by atoms with Gasteiger partial charge in [0.25, 0.3) is 0 Å². The molecule has 7 heteroatoms. The SMILES string of the molecule is COCCNC(=O)CN1CCN(c2nccn2-c2ccc(C)cc2)CC1. The van der Waals surface area contributed by atoms with Gasteiger partial charge >= 0.3 is 0 Å². The maximum absolute atomic E-state index is 11.9. The molecule has 0 atom stereocenters. The number of hydrogen-bond donors (Lipinski definition) is 1. The van der Waals surface area contributed by atoms with Crippen molar-refractivity contribution in [3.8, 4) is 5.69 Å². The van der Waals surface area contributed by atoms with Crippen molar-refractivity contribution >= 4 is 11.9 Å². The van der Waals surface area contributed by atoms with Gasteiger partial charge in [-0.2, -0.15) is 0 Å². The van der Waals surface area contributed by atoms with Gasteiger partial charge in [-0.05, 0) is 19.1 Å². The summed E-state index contributed by atoms with van der Waals surface area (Å²) < 4.78 is 7.07. The largest absolute Gasteiger partial charge is 0.383 e. The molecule has 1 saturated heterocycles. The summed E-state index contributed by atoms with van der Waals surface area (Å²) in [6.45, 7) is 7.02. The first-order valence-electron chi connectivity index (χ1n) is 9.00. The lowest BCUT2D eigenvalue weighted by atomic mass is 10.2. The van der Waals surface area contributed by atoms with Gasteiger partial charge in [-0.25, -0.2) is 4.98 Å². The van der Waals surface area contributed by atoms with Crippen molar-refractivity contribution < 1.29 is 9.53 Å². The van der Waals surface area contributed by atoms with Crippen LogP contribution in [0, 0.1) is 6.92 Å². The number of methoxy groups -OCH3 is 1. The standard InChI is InChI=1S/C19H27N5O2/c1-16-3-5-17(6-4-16)24-9-7-21-19(24)23-12-10-22(11-13-23)15-18(25)20-8-14-26-2/h3-7,9H,8,10-15H2,1-2H3,(H,20,25). The van der Waals surface area contributed by atoms with Gasteiger partial charge in [-0.3, -0.25) is 14.3 Å². The minimum atomic E-state index is 0.0525. The maximum Gasteiger partial charge on any atom is 0.234 e. The van der Waals surface area contributed by atoms with Crippen molar-refractivity contribution in [2.75, 3.05) is 57.9 Å². The molecule has 0 radical (unpaired) electrons. The molecule has 1 amide bonds. The van der Waals surface area contributed by atoms with E-state index < -0.39 is 0 Å². The molecule has 0 spiro atoms. The number of nitrogens with zero attached hydrogens (tertiary/aromatic N) is 4. The van der Waals surface area contributed by atoms with Crippen LogP contribution in [0.2, 0.25) is 0 Å². The fourth-order valence-electron chi connectivity index (χ4n) is 3.09. The van der Waals surface area contributed by atoms with E-state index in [1.807, 2.05) is 12.4 Å². The van der Waals surface area contributed by atoms with Crippen molar-refractivity contribution in [2.45, 2.75) is 6.92 Å². The summed E-state index contributed by atoms with van der Waals surface area (Å²) in [5.41, 5.74) is 2.36. The van der Waals surface area contributed by atoms with Crippen LogP contribution in [-0.4, -0.2) is 73.3 Å². The van der Waals surface area contributed by atoms with Gasteiger partial charge in [0.05, 0.1) is 13.2 Å². The van der Waals surface area contributed by atoms with E-state index in [-0.39, 0.29) is 5.91 Å². The third-order valence-electron chi connectivity index (χ3n) is 4.58. The van der Waals surface area contributed by atoms with Crippen molar-refractivity contribution in [2.24, 2.45) is 0 Å². The van der Waals surface area contributed by atoms with Crippen LogP contribution in [0.15, 0.2) is 36.7 Å². The van der Waals surface area contributed by atoms with E-state index in [1.54, 1.807) is 7.11 Å². The van der Waals surface area contributed by atoms with E-state index >= 15 is 0 Å². The van der Waals surface area contributed by atoms with Crippen LogP contribution in [0.1, 0.15) is 5.56 Å². The van der Waals surface area contributed by atoms with Gasteiger partial charge in [0.15, 0.2) is 0 Å². The Bertz CT molecular complexity index is 705. The molecule has 0 bridgehead atoms. The number of amides is 1. The van der Waals surface area contributed by atoms with E-state index in [0.29, 0.717) is 19.7 Å². The zero-order valence-electron chi connectivity index (χ0n) is 15.5. The van der Waals surface area contributed by atoms with Crippen molar-refractivity contribution in [3.05, 3.63) is 42.2 Å². The van der Waals surface area contributed by atoms with Crippen molar-refractivity contribution in [1.82, 2.24) is 19.8 Å². The fraction of sp³-hybridized carbons (Fsp3) is 0.474. The van der Waals surface area contributed by atoms with Crippen LogP contribution in [0.5, 0.6) is 0 Å². The number of piperazine rings is 1. The second kappa shape index (κ2) is 8.82. The third-order valence-corrected chi connectivity index (χ3v) is 4.58. The van der Waals surface area contributed by atoms with Crippen LogP contribution in [0.3, 0.4) is 0 Å². The third kappa shape index (κ3) is 4.62.